The number of aryl methyl sites for hydroxylation is 1. The van der Waals surface area contributed by atoms with Crippen molar-refractivity contribution in [2.45, 2.75) is 33.6 Å². The van der Waals surface area contributed by atoms with Crippen molar-refractivity contribution in [1.82, 2.24) is 15.0 Å². The molecule has 0 bridgehead atoms. The van der Waals surface area contributed by atoms with Crippen molar-refractivity contribution < 1.29 is 14.8 Å². The van der Waals surface area contributed by atoms with E-state index in [1.807, 2.05) is 29.8 Å². The molecule has 7 heteroatoms. The van der Waals surface area contributed by atoms with Crippen LogP contribution in [0.4, 0.5) is 5.82 Å². The van der Waals surface area contributed by atoms with Crippen LogP contribution in [0.15, 0.2) is 30.6 Å². The van der Waals surface area contributed by atoms with Gasteiger partial charge < -0.3 is 10.3 Å². The molecular formula is C21H22N4O3. The maximum atomic E-state index is 12.7. The zero-order valence-electron chi connectivity index (χ0n) is 16.0. The first-order chi connectivity index (χ1) is 13.2. The van der Waals surface area contributed by atoms with Gasteiger partial charge in [-0.2, -0.15) is 0 Å². The van der Waals surface area contributed by atoms with Crippen LogP contribution in [0, 0.1) is 12.3 Å². The number of hydrogen-bond acceptors (Lipinski definition) is 5. The number of ketones is 1. The molecule has 0 radical (unpaired) electrons. The number of Topliss-reactive ketones (excluding diaryl/α,β-unsaturated/α-hetero) is 1. The smallest absolute Gasteiger partial charge is 0.276 e. The van der Waals surface area contributed by atoms with Gasteiger partial charge in [0.2, 0.25) is 0 Å². The minimum atomic E-state index is -0.656. The van der Waals surface area contributed by atoms with Crippen LogP contribution in [0.3, 0.4) is 0 Å². The molecule has 2 aromatic heterocycles. The Hall–Kier alpha value is -3.19. The van der Waals surface area contributed by atoms with Crippen molar-refractivity contribution in [2.75, 3.05) is 5.73 Å². The van der Waals surface area contributed by atoms with Crippen LogP contribution < -0.4 is 11.2 Å². The standard InChI is InChI=1S/C21H22N4O3/c1-11-10-25(16-7-21(2,3)8-17(26)18(11)16)12-4-5-13-14(6-12)15(20(27)24-28)9-23-19(13)22/h4-6,9-10,28H,7-8H2,1-3H3,(H2,22,23)(H,24,27). The van der Waals surface area contributed by atoms with E-state index in [4.69, 9.17) is 10.9 Å². The topological polar surface area (TPSA) is 110 Å². The van der Waals surface area contributed by atoms with Gasteiger partial charge >= 0.3 is 0 Å². The number of amides is 1. The second-order valence-corrected chi connectivity index (χ2v) is 8.17. The lowest BCUT2D eigenvalue weighted by atomic mass is 9.75. The molecule has 0 aliphatic heterocycles. The van der Waals surface area contributed by atoms with Gasteiger partial charge in [-0.05, 0) is 42.5 Å². The zero-order chi connectivity index (χ0) is 20.2. The zero-order valence-corrected chi connectivity index (χ0v) is 16.0. The molecule has 4 N–H and O–H groups in total. The quantitative estimate of drug-likeness (QED) is 0.468. The van der Waals surface area contributed by atoms with Gasteiger partial charge in [-0.15, -0.1) is 0 Å². The molecule has 1 aliphatic carbocycles. The lowest BCUT2D eigenvalue weighted by molar-refractivity contribution is 0.0707. The maximum absolute atomic E-state index is 12.7. The summed E-state index contributed by atoms with van der Waals surface area (Å²) < 4.78 is 2.01. The number of hydroxylamine groups is 1. The average Bonchev–Trinajstić information content (AvgIpc) is 2.96. The molecule has 0 saturated carbocycles. The van der Waals surface area contributed by atoms with E-state index in [1.165, 1.54) is 6.20 Å². The SMILES string of the molecule is Cc1cn(-c2ccc3c(N)ncc(C(=O)NO)c3c2)c2c1C(=O)CC(C)(C)C2. The Morgan fingerprint density at radius 3 is 2.75 bits per heavy atom. The summed E-state index contributed by atoms with van der Waals surface area (Å²) in [6.07, 6.45) is 4.62. The summed E-state index contributed by atoms with van der Waals surface area (Å²) >= 11 is 0. The maximum Gasteiger partial charge on any atom is 0.276 e. The monoisotopic (exact) mass is 378 g/mol. The summed E-state index contributed by atoms with van der Waals surface area (Å²) in [6.45, 7) is 6.13. The van der Waals surface area contributed by atoms with Gasteiger partial charge in [-0.1, -0.05) is 13.8 Å². The second-order valence-electron chi connectivity index (χ2n) is 8.17. The lowest BCUT2D eigenvalue weighted by Gasteiger charge is -2.30. The number of aromatic nitrogens is 2. The summed E-state index contributed by atoms with van der Waals surface area (Å²) in [7, 11) is 0. The number of benzene rings is 1. The largest absolute Gasteiger partial charge is 0.383 e. The highest BCUT2D eigenvalue weighted by molar-refractivity contribution is 6.09. The van der Waals surface area contributed by atoms with Crippen molar-refractivity contribution in [3.8, 4) is 5.69 Å². The third-order valence-corrected chi connectivity index (χ3v) is 5.39. The number of fused-ring (bicyclic) bond motifs is 2. The Morgan fingerprint density at radius 1 is 1.29 bits per heavy atom. The summed E-state index contributed by atoms with van der Waals surface area (Å²) in [5.74, 6) is -0.188. The molecule has 0 saturated heterocycles. The van der Waals surface area contributed by atoms with Crippen molar-refractivity contribution in [3.05, 3.63) is 53.0 Å². The normalized spacial score (nSPS) is 15.5. The Balaban J connectivity index is 1.96. The third-order valence-electron chi connectivity index (χ3n) is 5.39. The van der Waals surface area contributed by atoms with Crippen LogP contribution in [-0.4, -0.2) is 26.4 Å². The van der Waals surface area contributed by atoms with Crippen molar-refractivity contribution in [2.24, 2.45) is 5.41 Å². The molecule has 3 aromatic rings. The predicted octanol–water partition coefficient (Wildman–Crippen LogP) is 3.19. The number of pyridine rings is 1. The molecule has 0 atom stereocenters. The van der Waals surface area contributed by atoms with Crippen LogP contribution in [0.5, 0.6) is 0 Å². The van der Waals surface area contributed by atoms with Gasteiger partial charge in [-0.25, -0.2) is 10.5 Å². The number of carbonyl (C=O) groups is 2. The minimum Gasteiger partial charge on any atom is -0.383 e. The summed E-state index contributed by atoms with van der Waals surface area (Å²) in [4.78, 5) is 28.8. The van der Waals surface area contributed by atoms with Crippen LogP contribution in [-0.2, 0) is 6.42 Å². The van der Waals surface area contributed by atoms with Crippen LogP contribution >= 0.6 is 0 Å². The highest BCUT2D eigenvalue weighted by Crippen LogP contribution is 2.38. The van der Waals surface area contributed by atoms with Gasteiger partial charge in [0.1, 0.15) is 5.82 Å². The summed E-state index contributed by atoms with van der Waals surface area (Å²) in [5, 5.41) is 10.3. The highest BCUT2D eigenvalue weighted by Gasteiger charge is 2.34. The Kier molecular flexibility index (Phi) is 4.01. The average molecular weight is 378 g/mol. The van der Waals surface area contributed by atoms with Crippen LogP contribution in [0.25, 0.3) is 16.5 Å². The number of anilines is 1. The molecule has 7 nitrogen and oxygen atoms in total. The van der Waals surface area contributed by atoms with Crippen molar-refractivity contribution in [1.29, 1.82) is 0 Å². The van der Waals surface area contributed by atoms with Crippen molar-refractivity contribution >= 4 is 28.3 Å². The van der Waals surface area contributed by atoms with Gasteiger partial charge in [0.15, 0.2) is 5.78 Å². The highest BCUT2D eigenvalue weighted by atomic mass is 16.5. The lowest BCUT2D eigenvalue weighted by Crippen LogP contribution is -2.28. The first kappa shape index (κ1) is 18.2. The molecule has 28 heavy (non-hydrogen) atoms. The molecule has 2 heterocycles. The van der Waals surface area contributed by atoms with E-state index in [2.05, 4.69) is 18.8 Å². The van der Waals surface area contributed by atoms with E-state index < -0.39 is 5.91 Å². The number of nitrogens with two attached hydrogens (primary N) is 1. The van der Waals surface area contributed by atoms with E-state index in [1.54, 1.807) is 11.5 Å². The molecule has 1 aromatic carbocycles. The van der Waals surface area contributed by atoms with Crippen molar-refractivity contribution in [3.63, 3.8) is 0 Å². The first-order valence-electron chi connectivity index (χ1n) is 9.09. The number of hydrogen-bond donors (Lipinski definition) is 3. The van der Waals surface area contributed by atoms with Gasteiger partial charge in [0.25, 0.3) is 5.91 Å². The Labute approximate surface area is 162 Å². The van der Waals surface area contributed by atoms with E-state index in [0.29, 0.717) is 23.0 Å². The Bertz CT molecular complexity index is 1140. The summed E-state index contributed by atoms with van der Waals surface area (Å²) in [5.41, 5.74) is 11.3. The molecule has 0 spiro atoms. The van der Waals surface area contributed by atoms with E-state index >= 15 is 0 Å². The minimum absolute atomic E-state index is 0.111. The number of nitrogens with zero attached hydrogens (tertiary/aromatic N) is 2. The molecule has 144 valence electrons. The second kappa shape index (κ2) is 6.17. The fraction of sp³-hybridized carbons (Fsp3) is 0.286. The number of nitrogen functional groups attached to an aromatic ring is 1. The predicted molar refractivity (Wildman–Crippen MR) is 106 cm³/mol. The fourth-order valence-corrected chi connectivity index (χ4v) is 4.15. The van der Waals surface area contributed by atoms with Crippen LogP contribution in [0.2, 0.25) is 0 Å². The molecule has 4 rings (SSSR count). The number of rotatable bonds is 2. The molecule has 0 fully saturated rings. The first-order valence-corrected chi connectivity index (χ1v) is 9.09. The molecular weight excluding hydrogens is 356 g/mol. The Morgan fingerprint density at radius 2 is 2.04 bits per heavy atom. The van der Waals surface area contributed by atoms with E-state index in [0.717, 1.165) is 28.9 Å². The third kappa shape index (κ3) is 2.75. The van der Waals surface area contributed by atoms with Crippen LogP contribution in [0.1, 0.15) is 52.2 Å². The number of carbonyl (C=O) groups excluding carboxylic acids is 2. The van der Waals surface area contributed by atoms with Gasteiger partial charge in [-0.3, -0.25) is 14.8 Å². The van der Waals surface area contributed by atoms with E-state index in [-0.39, 0.29) is 16.8 Å². The summed E-state index contributed by atoms with van der Waals surface area (Å²) in [6, 6.07) is 5.54. The molecule has 0 unspecified atom stereocenters. The number of nitrogens with one attached hydrogen (secondary N) is 1. The van der Waals surface area contributed by atoms with Gasteiger partial charge in [0, 0.05) is 46.5 Å². The van der Waals surface area contributed by atoms with E-state index in [9.17, 15) is 9.59 Å². The van der Waals surface area contributed by atoms with Gasteiger partial charge in [0.05, 0.1) is 5.56 Å². The molecule has 1 aliphatic rings. The fourth-order valence-electron chi connectivity index (χ4n) is 4.15. The molecule has 1 amide bonds.